The maximum Gasteiger partial charge on any atom is 0.303 e. The lowest BCUT2D eigenvalue weighted by Crippen LogP contribution is -2.30. The Labute approximate surface area is 102 Å². The molecule has 1 aliphatic rings. The molecular formula is C11H20O5S. The molecule has 0 saturated carbocycles. The van der Waals surface area contributed by atoms with Gasteiger partial charge in [0.25, 0.3) is 0 Å². The van der Waals surface area contributed by atoms with Crippen LogP contribution in [0.2, 0.25) is 0 Å². The van der Waals surface area contributed by atoms with Gasteiger partial charge in [-0.25, -0.2) is 8.42 Å². The van der Waals surface area contributed by atoms with Crippen molar-refractivity contribution in [3.63, 3.8) is 0 Å². The molecule has 1 fully saturated rings. The van der Waals surface area contributed by atoms with E-state index >= 15 is 0 Å². The summed E-state index contributed by atoms with van der Waals surface area (Å²) >= 11 is 0. The van der Waals surface area contributed by atoms with Crippen LogP contribution < -0.4 is 0 Å². The number of rotatable bonds is 7. The van der Waals surface area contributed by atoms with Crippen molar-refractivity contribution in [1.29, 1.82) is 0 Å². The third kappa shape index (κ3) is 5.50. The molecule has 17 heavy (non-hydrogen) atoms. The monoisotopic (exact) mass is 264 g/mol. The van der Waals surface area contributed by atoms with Crippen molar-refractivity contribution in [3.05, 3.63) is 0 Å². The molecule has 0 aliphatic carbocycles. The molecule has 1 N–H and O–H groups in total. The predicted octanol–water partition coefficient (Wildman–Crippen LogP) is 1.23. The number of sulfone groups is 1. The van der Waals surface area contributed by atoms with E-state index in [0.717, 1.165) is 0 Å². The second-order valence-corrected chi connectivity index (χ2v) is 6.78. The van der Waals surface area contributed by atoms with Crippen LogP contribution in [0.5, 0.6) is 0 Å². The Balaban J connectivity index is 2.22. The van der Waals surface area contributed by atoms with Crippen LogP contribution >= 0.6 is 0 Å². The summed E-state index contributed by atoms with van der Waals surface area (Å²) < 4.78 is 29.0. The van der Waals surface area contributed by atoms with Crippen molar-refractivity contribution in [2.24, 2.45) is 0 Å². The fourth-order valence-corrected chi connectivity index (χ4v) is 3.81. The zero-order valence-corrected chi connectivity index (χ0v) is 10.7. The molecule has 0 radical (unpaired) electrons. The van der Waals surface area contributed by atoms with Crippen molar-refractivity contribution in [3.8, 4) is 0 Å². The lowest BCUT2D eigenvalue weighted by molar-refractivity contribution is -0.137. The Kier molecular flexibility index (Phi) is 5.91. The fraction of sp³-hybridized carbons (Fsp3) is 0.909. The van der Waals surface area contributed by atoms with Crippen molar-refractivity contribution in [2.45, 2.75) is 43.8 Å². The van der Waals surface area contributed by atoms with Crippen molar-refractivity contribution >= 4 is 15.8 Å². The van der Waals surface area contributed by atoms with Gasteiger partial charge in [0.05, 0.1) is 11.0 Å². The average Bonchev–Trinajstić information content (AvgIpc) is 2.29. The molecule has 6 heteroatoms. The molecule has 0 atom stereocenters. The van der Waals surface area contributed by atoms with Gasteiger partial charge in [-0.2, -0.15) is 0 Å². The summed E-state index contributed by atoms with van der Waals surface area (Å²) in [5.41, 5.74) is 0. The van der Waals surface area contributed by atoms with Crippen molar-refractivity contribution < 1.29 is 23.1 Å². The molecule has 1 saturated heterocycles. The maximum absolute atomic E-state index is 11.9. The Morgan fingerprint density at radius 2 is 1.82 bits per heavy atom. The number of carboxylic acids is 1. The molecule has 1 aliphatic heterocycles. The SMILES string of the molecule is O=C(O)CCCCCS(=O)(=O)C1CCOCC1. The van der Waals surface area contributed by atoms with Crippen LogP contribution in [-0.4, -0.2) is 43.7 Å². The molecule has 5 nitrogen and oxygen atoms in total. The highest BCUT2D eigenvalue weighted by Crippen LogP contribution is 2.18. The van der Waals surface area contributed by atoms with Gasteiger partial charge in [0.15, 0.2) is 9.84 Å². The summed E-state index contributed by atoms with van der Waals surface area (Å²) in [5.74, 6) is -0.644. The van der Waals surface area contributed by atoms with Crippen LogP contribution in [0.15, 0.2) is 0 Å². The topological polar surface area (TPSA) is 80.7 Å². The van der Waals surface area contributed by atoms with Gasteiger partial charge in [-0.05, 0) is 25.7 Å². The van der Waals surface area contributed by atoms with Crippen LogP contribution in [0.25, 0.3) is 0 Å². The quantitative estimate of drug-likeness (QED) is 0.699. The van der Waals surface area contributed by atoms with Crippen LogP contribution in [0, 0.1) is 0 Å². The lowest BCUT2D eigenvalue weighted by Gasteiger charge is -2.22. The third-order valence-electron chi connectivity index (χ3n) is 3.00. The van der Waals surface area contributed by atoms with E-state index < -0.39 is 15.8 Å². The van der Waals surface area contributed by atoms with E-state index in [4.69, 9.17) is 9.84 Å². The summed E-state index contributed by atoms with van der Waals surface area (Å²) in [6, 6.07) is 0. The van der Waals surface area contributed by atoms with E-state index in [1.807, 2.05) is 0 Å². The number of carboxylic acid groups (broad SMARTS) is 1. The zero-order chi connectivity index (χ0) is 12.7. The molecule has 1 rings (SSSR count). The van der Waals surface area contributed by atoms with Crippen LogP contribution in [-0.2, 0) is 19.4 Å². The number of carbonyl (C=O) groups is 1. The highest BCUT2D eigenvalue weighted by atomic mass is 32.2. The first kappa shape index (κ1) is 14.4. The number of unbranched alkanes of at least 4 members (excludes halogenated alkanes) is 2. The smallest absolute Gasteiger partial charge is 0.303 e. The van der Waals surface area contributed by atoms with E-state index in [9.17, 15) is 13.2 Å². The van der Waals surface area contributed by atoms with E-state index in [1.54, 1.807) is 0 Å². The standard InChI is InChI=1S/C11H20O5S/c12-11(13)4-2-1-3-9-17(14,15)10-5-7-16-8-6-10/h10H,1-9H2,(H,12,13). The summed E-state index contributed by atoms with van der Waals surface area (Å²) in [6.45, 7) is 1.06. The molecule has 0 unspecified atom stereocenters. The van der Waals surface area contributed by atoms with Crippen LogP contribution in [0.1, 0.15) is 38.5 Å². The summed E-state index contributed by atoms with van der Waals surface area (Å²) in [5, 5.41) is 8.19. The summed E-state index contributed by atoms with van der Waals surface area (Å²) in [4.78, 5) is 10.3. The van der Waals surface area contributed by atoms with Gasteiger partial charge in [0, 0.05) is 19.6 Å². The van der Waals surface area contributed by atoms with Crippen molar-refractivity contribution in [1.82, 2.24) is 0 Å². The number of hydrogen-bond donors (Lipinski definition) is 1. The minimum Gasteiger partial charge on any atom is -0.481 e. The van der Waals surface area contributed by atoms with Gasteiger partial charge in [-0.15, -0.1) is 0 Å². The largest absolute Gasteiger partial charge is 0.481 e. The molecule has 0 aromatic rings. The normalized spacial score (nSPS) is 18.1. The zero-order valence-electron chi connectivity index (χ0n) is 9.93. The van der Waals surface area contributed by atoms with Gasteiger partial charge in [-0.3, -0.25) is 4.79 Å². The molecule has 0 aromatic carbocycles. The Hall–Kier alpha value is -0.620. The second kappa shape index (κ2) is 6.96. The maximum atomic E-state index is 11.9. The highest BCUT2D eigenvalue weighted by Gasteiger charge is 2.26. The third-order valence-corrected chi connectivity index (χ3v) is 5.34. The van der Waals surface area contributed by atoms with Gasteiger partial charge in [0.2, 0.25) is 0 Å². The minimum absolute atomic E-state index is 0.122. The van der Waals surface area contributed by atoms with E-state index in [-0.39, 0.29) is 17.4 Å². The average molecular weight is 264 g/mol. The first-order chi connectivity index (χ1) is 8.02. The van der Waals surface area contributed by atoms with Crippen LogP contribution in [0.4, 0.5) is 0 Å². The molecule has 1 heterocycles. The highest BCUT2D eigenvalue weighted by molar-refractivity contribution is 7.92. The van der Waals surface area contributed by atoms with E-state index in [1.165, 1.54) is 0 Å². The number of aliphatic carboxylic acids is 1. The van der Waals surface area contributed by atoms with Gasteiger partial charge < -0.3 is 9.84 Å². The van der Waals surface area contributed by atoms with E-state index in [0.29, 0.717) is 45.3 Å². The van der Waals surface area contributed by atoms with Crippen molar-refractivity contribution in [2.75, 3.05) is 19.0 Å². The predicted molar refractivity (Wildman–Crippen MR) is 63.7 cm³/mol. The molecular weight excluding hydrogens is 244 g/mol. The molecule has 0 spiro atoms. The van der Waals surface area contributed by atoms with Gasteiger partial charge >= 0.3 is 5.97 Å². The van der Waals surface area contributed by atoms with Crippen LogP contribution in [0.3, 0.4) is 0 Å². The first-order valence-electron chi connectivity index (χ1n) is 6.03. The fourth-order valence-electron chi connectivity index (χ4n) is 1.96. The Morgan fingerprint density at radius 1 is 1.18 bits per heavy atom. The second-order valence-electron chi connectivity index (χ2n) is 4.38. The Morgan fingerprint density at radius 3 is 2.41 bits per heavy atom. The molecule has 0 aromatic heterocycles. The summed E-state index contributed by atoms with van der Waals surface area (Å²) in [6.07, 6.45) is 3.09. The lowest BCUT2D eigenvalue weighted by atomic mass is 10.2. The Bertz CT molecular complexity index is 330. The molecule has 0 amide bonds. The number of ether oxygens (including phenoxy) is 1. The summed E-state index contributed by atoms with van der Waals surface area (Å²) in [7, 11) is -3.01. The molecule has 0 bridgehead atoms. The van der Waals surface area contributed by atoms with Gasteiger partial charge in [-0.1, -0.05) is 6.42 Å². The van der Waals surface area contributed by atoms with E-state index in [2.05, 4.69) is 0 Å². The van der Waals surface area contributed by atoms with Gasteiger partial charge in [0.1, 0.15) is 0 Å². The first-order valence-corrected chi connectivity index (χ1v) is 7.75. The molecule has 100 valence electrons. The minimum atomic E-state index is -3.01. The number of hydrogen-bond acceptors (Lipinski definition) is 4.